The van der Waals surface area contributed by atoms with Crippen molar-refractivity contribution >= 4 is 5.78 Å². The molecule has 1 aliphatic heterocycles. The Morgan fingerprint density at radius 1 is 1.16 bits per heavy atom. The molecular formula is C17H26O2. The molecular weight excluding hydrogens is 236 g/mol. The summed E-state index contributed by atoms with van der Waals surface area (Å²) in [5.41, 5.74) is 0.838. The van der Waals surface area contributed by atoms with Crippen molar-refractivity contribution in [2.75, 3.05) is 0 Å². The van der Waals surface area contributed by atoms with Gasteiger partial charge in [0.25, 0.3) is 0 Å². The van der Waals surface area contributed by atoms with Crippen molar-refractivity contribution in [3.05, 3.63) is 23.5 Å². The van der Waals surface area contributed by atoms with E-state index in [4.69, 9.17) is 4.74 Å². The van der Waals surface area contributed by atoms with E-state index in [0.717, 1.165) is 30.6 Å². The molecule has 0 fully saturated rings. The summed E-state index contributed by atoms with van der Waals surface area (Å²) in [5, 5.41) is 0. The molecule has 1 aliphatic carbocycles. The quantitative estimate of drug-likeness (QED) is 0.622. The fraction of sp³-hybridized carbons (Fsp3) is 0.706. The molecule has 0 spiro atoms. The average molecular weight is 262 g/mol. The maximum absolute atomic E-state index is 11.7. The Hall–Kier alpha value is -1.05. The number of unbranched alkanes of at least 4 members (excludes halogenated alkanes) is 5. The van der Waals surface area contributed by atoms with E-state index in [1.165, 1.54) is 38.5 Å². The molecule has 0 saturated heterocycles. The molecule has 2 aliphatic rings. The molecule has 1 unspecified atom stereocenters. The Bertz CT molecular complexity index is 365. The highest BCUT2D eigenvalue weighted by Crippen LogP contribution is 2.30. The van der Waals surface area contributed by atoms with Crippen LogP contribution in [0.3, 0.4) is 0 Å². The van der Waals surface area contributed by atoms with E-state index in [1.54, 1.807) is 0 Å². The van der Waals surface area contributed by atoms with E-state index in [1.807, 2.05) is 6.08 Å². The van der Waals surface area contributed by atoms with Gasteiger partial charge in [-0.15, -0.1) is 0 Å². The lowest BCUT2D eigenvalue weighted by Crippen LogP contribution is -2.20. The molecule has 0 aromatic heterocycles. The Kier molecular flexibility index (Phi) is 5.68. The van der Waals surface area contributed by atoms with Gasteiger partial charge < -0.3 is 4.74 Å². The lowest BCUT2D eigenvalue weighted by molar-refractivity contribution is -0.116. The van der Waals surface area contributed by atoms with Gasteiger partial charge in [-0.3, -0.25) is 4.79 Å². The molecule has 0 saturated carbocycles. The first-order valence-corrected chi connectivity index (χ1v) is 7.92. The van der Waals surface area contributed by atoms with Crippen LogP contribution in [0.5, 0.6) is 0 Å². The minimum Gasteiger partial charge on any atom is -0.490 e. The van der Waals surface area contributed by atoms with E-state index >= 15 is 0 Å². The molecule has 0 N–H and O–H groups in total. The van der Waals surface area contributed by atoms with Crippen molar-refractivity contribution in [3.8, 4) is 0 Å². The van der Waals surface area contributed by atoms with Gasteiger partial charge in [-0.05, 0) is 31.4 Å². The van der Waals surface area contributed by atoms with Crippen molar-refractivity contribution in [2.24, 2.45) is 0 Å². The largest absolute Gasteiger partial charge is 0.490 e. The number of hydrogen-bond donors (Lipinski definition) is 0. The van der Waals surface area contributed by atoms with Gasteiger partial charge in [0.15, 0.2) is 5.78 Å². The van der Waals surface area contributed by atoms with Crippen molar-refractivity contribution in [1.82, 2.24) is 0 Å². The topological polar surface area (TPSA) is 26.3 Å². The minimum absolute atomic E-state index is 0.204. The lowest BCUT2D eigenvalue weighted by Gasteiger charge is -2.26. The van der Waals surface area contributed by atoms with E-state index in [0.29, 0.717) is 6.42 Å². The van der Waals surface area contributed by atoms with E-state index < -0.39 is 0 Å². The number of allylic oxidation sites excluding steroid dienone is 3. The molecule has 0 bridgehead atoms. The molecule has 106 valence electrons. The number of Topliss-reactive ketones (excluding diaryl/α,β-unsaturated/α-hetero) is 1. The Morgan fingerprint density at radius 2 is 1.95 bits per heavy atom. The van der Waals surface area contributed by atoms with Crippen LogP contribution in [0.25, 0.3) is 0 Å². The van der Waals surface area contributed by atoms with Crippen molar-refractivity contribution in [3.63, 3.8) is 0 Å². The van der Waals surface area contributed by atoms with E-state index in [2.05, 4.69) is 13.0 Å². The van der Waals surface area contributed by atoms with Gasteiger partial charge in [0.2, 0.25) is 0 Å². The molecule has 1 heterocycles. The van der Waals surface area contributed by atoms with Crippen LogP contribution in [0.4, 0.5) is 0 Å². The third-order valence-electron chi connectivity index (χ3n) is 4.02. The summed E-state index contributed by atoms with van der Waals surface area (Å²) in [5.74, 6) is 1.21. The summed E-state index contributed by atoms with van der Waals surface area (Å²) in [6.45, 7) is 2.25. The summed E-state index contributed by atoms with van der Waals surface area (Å²) in [6.07, 6.45) is 15.9. The zero-order valence-electron chi connectivity index (χ0n) is 12.1. The highest BCUT2D eigenvalue weighted by atomic mass is 16.5. The summed E-state index contributed by atoms with van der Waals surface area (Å²) in [7, 11) is 0. The number of carbonyl (C=O) groups excluding carboxylic acids is 1. The Morgan fingerprint density at radius 3 is 2.79 bits per heavy atom. The molecule has 2 rings (SSSR count). The molecule has 0 amide bonds. The van der Waals surface area contributed by atoms with Crippen LogP contribution in [0.2, 0.25) is 0 Å². The van der Waals surface area contributed by atoms with Crippen LogP contribution in [0.15, 0.2) is 23.5 Å². The second kappa shape index (κ2) is 7.52. The van der Waals surface area contributed by atoms with Gasteiger partial charge in [-0.2, -0.15) is 0 Å². The monoisotopic (exact) mass is 262 g/mol. The van der Waals surface area contributed by atoms with Gasteiger partial charge in [0.1, 0.15) is 11.9 Å². The molecule has 0 aromatic carbocycles. The third-order valence-corrected chi connectivity index (χ3v) is 4.02. The van der Waals surface area contributed by atoms with Crippen LogP contribution in [-0.2, 0) is 9.53 Å². The smallest absolute Gasteiger partial charge is 0.166 e. The number of ketones is 1. The van der Waals surface area contributed by atoms with Gasteiger partial charge in [0, 0.05) is 12.8 Å². The standard InChI is InChI=1S/C17H26O2/c1-2-3-4-5-6-7-9-14-12-13-15-16(18)10-8-11-17(15)19-14/h12-14H,2-11H2,1H3. The third kappa shape index (κ3) is 4.22. The normalized spacial score (nSPS) is 22.4. The minimum atomic E-state index is 0.204. The Labute approximate surface area is 116 Å². The van der Waals surface area contributed by atoms with Gasteiger partial charge >= 0.3 is 0 Å². The fourth-order valence-electron chi connectivity index (χ4n) is 2.85. The SMILES string of the molecule is CCCCCCCCC1C=CC2=C(CCCC2=O)O1. The number of carbonyl (C=O) groups is 1. The van der Waals surface area contributed by atoms with Crippen molar-refractivity contribution < 1.29 is 9.53 Å². The van der Waals surface area contributed by atoms with Crippen molar-refractivity contribution in [2.45, 2.75) is 77.2 Å². The predicted octanol–water partition coefficient (Wildman–Crippen LogP) is 4.70. The van der Waals surface area contributed by atoms with Crippen LogP contribution in [0, 0.1) is 0 Å². The highest BCUT2D eigenvalue weighted by Gasteiger charge is 2.24. The van der Waals surface area contributed by atoms with Crippen molar-refractivity contribution in [1.29, 1.82) is 0 Å². The molecule has 2 heteroatoms. The molecule has 1 atom stereocenters. The van der Waals surface area contributed by atoms with Crippen LogP contribution in [-0.4, -0.2) is 11.9 Å². The average Bonchev–Trinajstić information content (AvgIpc) is 2.43. The van der Waals surface area contributed by atoms with E-state index in [-0.39, 0.29) is 11.9 Å². The second-order valence-corrected chi connectivity index (χ2v) is 5.69. The zero-order chi connectivity index (χ0) is 13.5. The molecule has 19 heavy (non-hydrogen) atoms. The number of ether oxygens (including phenoxy) is 1. The first-order valence-electron chi connectivity index (χ1n) is 7.92. The molecule has 0 aromatic rings. The summed E-state index contributed by atoms with van der Waals surface area (Å²) in [4.78, 5) is 11.7. The first-order chi connectivity index (χ1) is 9.31. The fourth-order valence-corrected chi connectivity index (χ4v) is 2.85. The zero-order valence-corrected chi connectivity index (χ0v) is 12.1. The lowest BCUT2D eigenvalue weighted by atomic mass is 9.93. The summed E-state index contributed by atoms with van der Waals surface area (Å²) >= 11 is 0. The van der Waals surface area contributed by atoms with Crippen LogP contribution >= 0.6 is 0 Å². The highest BCUT2D eigenvalue weighted by molar-refractivity contribution is 5.99. The number of hydrogen-bond acceptors (Lipinski definition) is 2. The Balaban J connectivity index is 1.68. The second-order valence-electron chi connectivity index (χ2n) is 5.69. The number of rotatable bonds is 7. The molecule has 0 radical (unpaired) electrons. The molecule has 2 nitrogen and oxygen atoms in total. The maximum Gasteiger partial charge on any atom is 0.166 e. The predicted molar refractivity (Wildman–Crippen MR) is 77.9 cm³/mol. The first kappa shape index (κ1) is 14.4. The van der Waals surface area contributed by atoms with Gasteiger partial charge in [-0.1, -0.05) is 39.0 Å². The van der Waals surface area contributed by atoms with Gasteiger partial charge in [-0.25, -0.2) is 0 Å². The summed E-state index contributed by atoms with van der Waals surface area (Å²) < 4.78 is 5.96. The van der Waals surface area contributed by atoms with Crippen LogP contribution < -0.4 is 0 Å². The van der Waals surface area contributed by atoms with Gasteiger partial charge in [0.05, 0.1) is 5.57 Å². The maximum atomic E-state index is 11.7. The summed E-state index contributed by atoms with van der Waals surface area (Å²) in [6, 6.07) is 0. The van der Waals surface area contributed by atoms with E-state index in [9.17, 15) is 4.79 Å². The van der Waals surface area contributed by atoms with Crippen LogP contribution in [0.1, 0.15) is 71.1 Å².